The zero-order chi connectivity index (χ0) is 21.5. The largest absolute Gasteiger partial charge is 0.457 e. The van der Waals surface area contributed by atoms with Gasteiger partial charge in [-0.2, -0.15) is 0 Å². The van der Waals surface area contributed by atoms with Gasteiger partial charge >= 0.3 is 0 Å². The van der Waals surface area contributed by atoms with Crippen LogP contribution in [0.5, 0.6) is 11.5 Å². The van der Waals surface area contributed by atoms with Crippen LogP contribution in [0.3, 0.4) is 0 Å². The van der Waals surface area contributed by atoms with Gasteiger partial charge in [0.05, 0.1) is 0 Å². The minimum absolute atomic E-state index is 0.208. The molecule has 0 saturated carbocycles. The fourth-order valence-electron chi connectivity index (χ4n) is 2.42. The number of benzene rings is 2. The average Bonchev–Trinajstić information content (AvgIpc) is 2.77. The van der Waals surface area contributed by atoms with Crippen molar-refractivity contribution in [1.82, 2.24) is 21.2 Å². The molecule has 3 amide bonds. The number of carbonyl (C=O) groups excluding carboxylic acids is 3. The molecular weight excluding hydrogens is 452 g/mol. The Bertz CT molecular complexity index is 1090. The third kappa shape index (κ3) is 5.42. The van der Waals surface area contributed by atoms with Crippen molar-refractivity contribution < 1.29 is 19.1 Å². The number of amides is 3. The highest BCUT2D eigenvalue weighted by atomic mass is 79.9. The Morgan fingerprint density at radius 3 is 2.20 bits per heavy atom. The van der Waals surface area contributed by atoms with E-state index in [0.717, 1.165) is 4.47 Å². The number of nitrogens with one attached hydrogen (secondary N) is 3. The third-order valence-electron chi connectivity index (χ3n) is 3.92. The summed E-state index contributed by atoms with van der Waals surface area (Å²) in [5, 5.41) is 2.49. The van der Waals surface area contributed by atoms with Gasteiger partial charge in [-0.15, -0.1) is 0 Å². The smallest absolute Gasteiger partial charge is 0.269 e. The molecule has 0 spiro atoms. The van der Waals surface area contributed by atoms with Crippen LogP contribution in [0.4, 0.5) is 0 Å². The van der Waals surface area contributed by atoms with Crippen molar-refractivity contribution in [2.75, 3.05) is 7.05 Å². The average molecular weight is 469 g/mol. The summed E-state index contributed by atoms with van der Waals surface area (Å²) >= 11 is 3.30. The number of rotatable bonds is 5. The maximum Gasteiger partial charge on any atom is 0.269 e. The first-order chi connectivity index (χ1) is 14.5. The van der Waals surface area contributed by atoms with Crippen molar-refractivity contribution in [3.8, 4) is 11.5 Å². The second-order valence-corrected chi connectivity index (χ2v) is 6.92. The van der Waals surface area contributed by atoms with E-state index in [1.807, 2.05) is 0 Å². The van der Waals surface area contributed by atoms with E-state index in [9.17, 15) is 14.4 Å². The molecule has 30 heavy (non-hydrogen) atoms. The van der Waals surface area contributed by atoms with E-state index in [1.165, 1.54) is 25.4 Å². The predicted molar refractivity (Wildman–Crippen MR) is 113 cm³/mol. The number of nitrogens with zero attached hydrogens (tertiary/aromatic N) is 1. The highest BCUT2D eigenvalue weighted by molar-refractivity contribution is 9.10. The summed E-state index contributed by atoms with van der Waals surface area (Å²) in [4.78, 5) is 40.1. The van der Waals surface area contributed by atoms with Gasteiger partial charge in [0.2, 0.25) is 0 Å². The summed E-state index contributed by atoms with van der Waals surface area (Å²) in [6.07, 6.45) is 1.45. The number of hydrogen-bond acceptors (Lipinski definition) is 5. The van der Waals surface area contributed by atoms with Crippen LogP contribution < -0.4 is 20.9 Å². The van der Waals surface area contributed by atoms with Gasteiger partial charge in [-0.05, 0) is 48.5 Å². The van der Waals surface area contributed by atoms with E-state index in [2.05, 4.69) is 37.1 Å². The van der Waals surface area contributed by atoms with Crippen molar-refractivity contribution in [2.24, 2.45) is 0 Å². The zero-order valence-electron chi connectivity index (χ0n) is 15.8. The van der Waals surface area contributed by atoms with Crippen molar-refractivity contribution in [3.63, 3.8) is 0 Å². The molecule has 0 fully saturated rings. The number of halogens is 1. The Labute approximate surface area is 180 Å². The summed E-state index contributed by atoms with van der Waals surface area (Å²) in [7, 11) is 1.51. The molecule has 0 aliphatic rings. The van der Waals surface area contributed by atoms with E-state index in [-0.39, 0.29) is 17.2 Å². The monoisotopic (exact) mass is 468 g/mol. The lowest BCUT2D eigenvalue weighted by Gasteiger charge is -2.10. The Balaban J connectivity index is 1.64. The maximum atomic E-state index is 12.4. The fourth-order valence-corrected chi connectivity index (χ4v) is 2.69. The molecule has 1 heterocycles. The van der Waals surface area contributed by atoms with Gasteiger partial charge in [-0.1, -0.05) is 22.0 Å². The van der Waals surface area contributed by atoms with E-state index in [1.54, 1.807) is 48.5 Å². The lowest BCUT2D eigenvalue weighted by Crippen LogP contribution is -2.41. The summed E-state index contributed by atoms with van der Waals surface area (Å²) in [5.74, 6) is -0.510. The van der Waals surface area contributed by atoms with Crippen molar-refractivity contribution >= 4 is 33.7 Å². The first kappa shape index (κ1) is 21.0. The van der Waals surface area contributed by atoms with Gasteiger partial charge < -0.3 is 10.1 Å². The highest BCUT2D eigenvalue weighted by Gasteiger charge is 2.11. The molecule has 0 radical (unpaired) electrons. The van der Waals surface area contributed by atoms with Gasteiger partial charge in [0.1, 0.15) is 17.2 Å². The van der Waals surface area contributed by atoms with Crippen LogP contribution in [0.2, 0.25) is 0 Å². The molecule has 8 nitrogen and oxygen atoms in total. The number of aromatic nitrogens is 1. The van der Waals surface area contributed by atoms with Gasteiger partial charge in [0.15, 0.2) is 0 Å². The number of hydrazine groups is 1. The van der Waals surface area contributed by atoms with E-state index in [4.69, 9.17) is 4.74 Å². The maximum absolute atomic E-state index is 12.4. The molecule has 0 aliphatic heterocycles. The summed E-state index contributed by atoms with van der Waals surface area (Å²) in [6.45, 7) is 0. The Kier molecular flexibility index (Phi) is 6.76. The van der Waals surface area contributed by atoms with Crippen LogP contribution in [0, 0.1) is 0 Å². The molecule has 3 aromatic rings. The Morgan fingerprint density at radius 1 is 0.833 bits per heavy atom. The molecule has 0 aliphatic carbocycles. The molecule has 3 N–H and O–H groups in total. The van der Waals surface area contributed by atoms with Crippen LogP contribution in [-0.2, 0) is 0 Å². The van der Waals surface area contributed by atoms with E-state index < -0.39 is 11.8 Å². The van der Waals surface area contributed by atoms with Crippen molar-refractivity contribution in [3.05, 3.63) is 88.2 Å². The second kappa shape index (κ2) is 9.66. The van der Waals surface area contributed by atoms with Gasteiger partial charge in [-0.25, -0.2) is 0 Å². The molecule has 0 bridgehead atoms. The number of ether oxygens (including phenoxy) is 1. The molecule has 2 aromatic carbocycles. The number of carbonyl (C=O) groups is 3. The molecule has 152 valence electrons. The Hall–Kier alpha value is -3.72. The number of pyridine rings is 1. The normalized spacial score (nSPS) is 10.1. The van der Waals surface area contributed by atoms with Gasteiger partial charge in [0, 0.05) is 34.9 Å². The second-order valence-electron chi connectivity index (χ2n) is 6.00. The van der Waals surface area contributed by atoms with Gasteiger partial charge in [0.25, 0.3) is 17.7 Å². The molecule has 0 atom stereocenters. The molecular formula is C21H17BrN4O4. The van der Waals surface area contributed by atoms with Gasteiger partial charge in [-0.3, -0.25) is 30.2 Å². The molecule has 0 saturated heterocycles. The number of hydrogen-bond donors (Lipinski definition) is 3. The fraction of sp³-hybridized carbons (Fsp3) is 0.0476. The predicted octanol–water partition coefficient (Wildman–Crippen LogP) is 3.07. The topological polar surface area (TPSA) is 109 Å². The van der Waals surface area contributed by atoms with Crippen LogP contribution in [0.15, 0.2) is 71.3 Å². The van der Waals surface area contributed by atoms with Crippen LogP contribution in [-0.4, -0.2) is 29.8 Å². The van der Waals surface area contributed by atoms with Crippen LogP contribution in [0.1, 0.15) is 31.2 Å². The Morgan fingerprint density at radius 2 is 1.50 bits per heavy atom. The third-order valence-corrected chi connectivity index (χ3v) is 4.45. The van der Waals surface area contributed by atoms with E-state index >= 15 is 0 Å². The van der Waals surface area contributed by atoms with Crippen LogP contribution >= 0.6 is 15.9 Å². The van der Waals surface area contributed by atoms with Crippen LogP contribution in [0.25, 0.3) is 0 Å². The van der Waals surface area contributed by atoms with Crippen molar-refractivity contribution in [2.45, 2.75) is 0 Å². The highest BCUT2D eigenvalue weighted by Crippen LogP contribution is 2.22. The first-order valence-electron chi connectivity index (χ1n) is 8.78. The molecule has 1 aromatic heterocycles. The molecule has 3 rings (SSSR count). The quantitative estimate of drug-likeness (QED) is 0.498. The summed E-state index contributed by atoms with van der Waals surface area (Å²) < 4.78 is 6.56. The SMILES string of the molecule is CNC(=O)c1cc(Oc2cccc(C(=O)NNC(=O)c3ccc(Br)cc3)c2)ccn1. The molecule has 0 unspecified atom stereocenters. The minimum atomic E-state index is -0.508. The van der Waals surface area contributed by atoms with E-state index in [0.29, 0.717) is 17.1 Å². The molecule has 9 heteroatoms. The summed E-state index contributed by atoms with van der Waals surface area (Å²) in [5.41, 5.74) is 5.62. The lowest BCUT2D eigenvalue weighted by molar-refractivity contribution is 0.0846. The lowest BCUT2D eigenvalue weighted by atomic mass is 10.2. The summed E-state index contributed by atoms with van der Waals surface area (Å²) in [6, 6.07) is 16.2. The van der Waals surface area contributed by atoms with Crippen molar-refractivity contribution in [1.29, 1.82) is 0 Å². The first-order valence-corrected chi connectivity index (χ1v) is 9.58. The minimum Gasteiger partial charge on any atom is -0.457 e. The standard InChI is InChI=1S/C21H17BrN4O4/c1-23-21(29)18-12-17(9-10-24-18)30-16-4-2-3-14(11-16)20(28)26-25-19(27)13-5-7-15(22)8-6-13/h2-12H,1H3,(H,23,29)(H,25,27)(H,26,28). The zero-order valence-corrected chi connectivity index (χ0v) is 17.4.